The van der Waals surface area contributed by atoms with Crippen molar-refractivity contribution >= 4 is 17.7 Å². The summed E-state index contributed by atoms with van der Waals surface area (Å²) < 4.78 is 15.0. The summed E-state index contributed by atoms with van der Waals surface area (Å²) in [5, 5.41) is 5.64. The van der Waals surface area contributed by atoms with E-state index in [0.29, 0.717) is 36.2 Å². The van der Waals surface area contributed by atoms with Gasteiger partial charge in [0.1, 0.15) is 0 Å². The van der Waals surface area contributed by atoms with E-state index >= 15 is 0 Å². The number of guanidine groups is 1. The van der Waals surface area contributed by atoms with Crippen LogP contribution in [0.5, 0.6) is 11.5 Å². The number of ether oxygens (including phenoxy) is 3. The normalized spacial score (nSPS) is 10.9. The van der Waals surface area contributed by atoms with Gasteiger partial charge in [0.15, 0.2) is 17.5 Å². The van der Waals surface area contributed by atoms with E-state index in [4.69, 9.17) is 15.2 Å². The zero-order chi connectivity index (χ0) is 19.6. The number of nitrogens with zero attached hydrogens (tertiary/aromatic N) is 1. The molecule has 2 aromatic rings. The van der Waals surface area contributed by atoms with Crippen molar-refractivity contribution in [2.24, 2.45) is 10.7 Å². The summed E-state index contributed by atoms with van der Waals surface area (Å²) in [6.45, 7) is 0.931. The predicted octanol–water partition coefficient (Wildman–Crippen LogP) is 2.49. The second kappa shape index (κ2) is 9.91. The molecular weight excluding hydrogens is 348 g/mol. The van der Waals surface area contributed by atoms with E-state index < -0.39 is 6.09 Å². The molecule has 2 aromatic carbocycles. The van der Waals surface area contributed by atoms with Crippen LogP contribution in [0.25, 0.3) is 0 Å². The lowest BCUT2D eigenvalue weighted by molar-refractivity contribution is 0.187. The van der Waals surface area contributed by atoms with E-state index in [9.17, 15) is 4.79 Å². The van der Waals surface area contributed by atoms with E-state index in [-0.39, 0.29) is 0 Å². The largest absolute Gasteiger partial charge is 0.493 e. The van der Waals surface area contributed by atoms with E-state index in [1.165, 1.54) is 7.11 Å². The smallest absolute Gasteiger partial charge is 0.411 e. The van der Waals surface area contributed by atoms with Crippen LogP contribution >= 0.6 is 0 Å². The van der Waals surface area contributed by atoms with Gasteiger partial charge in [-0.05, 0) is 35.4 Å². The van der Waals surface area contributed by atoms with Gasteiger partial charge in [-0.1, -0.05) is 18.2 Å². The lowest BCUT2D eigenvalue weighted by Crippen LogP contribution is -2.31. The number of carbonyl (C=O) groups excluding carboxylic acids is 1. The molecule has 1 amide bonds. The highest BCUT2D eigenvalue weighted by atomic mass is 16.5. The summed E-state index contributed by atoms with van der Waals surface area (Å²) in [4.78, 5) is 15.5. The van der Waals surface area contributed by atoms with Crippen LogP contribution in [0.2, 0.25) is 0 Å². The Hall–Kier alpha value is -3.42. The van der Waals surface area contributed by atoms with Crippen LogP contribution in [0, 0.1) is 0 Å². The highest BCUT2D eigenvalue weighted by Gasteiger charge is 2.04. The van der Waals surface area contributed by atoms with E-state index in [2.05, 4.69) is 20.4 Å². The molecule has 0 bridgehead atoms. The third-order valence-corrected chi connectivity index (χ3v) is 3.74. The number of carbonyl (C=O) groups is 1. The molecule has 0 aliphatic rings. The number of hydrogen-bond acceptors (Lipinski definition) is 5. The molecule has 8 nitrogen and oxygen atoms in total. The van der Waals surface area contributed by atoms with Crippen LogP contribution < -0.4 is 25.8 Å². The SMILES string of the molecule is COC(=O)Nc1ccc(CNC(N)=NCc2ccc(OC)c(OC)c2)cc1. The van der Waals surface area contributed by atoms with Crippen molar-refractivity contribution in [3.8, 4) is 11.5 Å². The van der Waals surface area contributed by atoms with E-state index in [1.54, 1.807) is 26.4 Å². The molecule has 0 aliphatic heterocycles. The molecule has 0 aromatic heterocycles. The maximum Gasteiger partial charge on any atom is 0.411 e. The summed E-state index contributed by atoms with van der Waals surface area (Å²) in [5.41, 5.74) is 8.52. The molecular formula is C19H24N4O4. The van der Waals surface area contributed by atoms with E-state index in [1.807, 2.05) is 30.3 Å². The fraction of sp³-hybridized carbons (Fsp3) is 0.263. The molecule has 8 heteroatoms. The maximum atomic E-state index is 11.2. The minimum absolute atomic E-state index is 0.335. The summed E-state index contributed by atoms with van der Waals surface area (Å²) in [5.74, 6) is 1.65. The number of anilines is 1. The van der Waals surface area contributed by atoms with Gasteiger partial charge < -0.3 is 25.3 Å². The number of nitrogens with two attached hydrogens (primary N) is 1. The maximum absolute atomic E-state index is 11.2. The van der Waals surface area contributed by atoms with Gasteiger partial charge in [-0.25, -0.2) is 9.79 Å². The standard InChI is InChI=1S/C19H24N4O4/c1-25-16-9-6-14(10-17(16)26-2)12-22-18(20)21-11-13-4-7-15(8-5-13)23-19(24)27-3/h4-10H,11-12H2,1-3H3,(H,23,24)(H3,20,21,22). The third-order valence-electron chi connectivity index (χ3n) is 3.74. The Morgan fingerprint density at radius 1 is 1.00 bits per heavy atom. The van der Waals surface area contributed by atoms with Gasteiger partial charge in [0, 0.05) is 12.2 Å². The topological polar surface area (TPSA) is 107 Å². The van der Waals surface area contributed by atoms with Crippen LogP contribution in [0.4, 0.5) is 10.5 Å². The molecule has 0 atom stereocenters. The van der Waals surface area contributed by atoms with Gasteiger partial charge in [0.05, 0.1) is 27.9 Å². The first-order chi connectivity index (χ1) is 13.0. The van der Waals surface area contributed by atoms with Gasteiger partial charge in [-0.3, -0.25) is 5.32 Å². The first-order valence-corrected chi connectivity index (χ1v) is 8.24. The monoisotopic (exact) mass is 372 g/mol. The Bertz CT molecular complexity index is 791. The van der Waals surface area contributed by atoms with Crippen molar-refractivity contribution in [1.82, 2.24) is 5.32 Å². The molecule has 27 heavy (non-hydrogen) atoms. The van der Waals surface area contributed by atoms with Crippen molar-refractivity contribution in [1.29, 1.82) is 0 Å². The third kappa shape index (κ3) is 6.10. The Morgan fingerprint density at radius 2 is 1.67 bits per heavy atom. The molecule has 0 aliphatic carbocycles. The molecule has 0 saturated heterocycles. The summed E-state index contributed by atoms with van der Waals surface area (Å²) in [6.07, 6.45) is -0.507. The van der Waals surface area contributed by atoms with Gasteiger partial charge in [0.2, 0.25) is 0 Å². The zero-order valence-corrected chi connectivity index (χ0v) is 15.6. The first-order valence-electron chi connectivity index (χ1n) is 8.24. The number of hydrogen-bond donors (Lipinski definition) is 3. The van der Waals surface area contributed by atoms with Gasteiger partial charge in [-0.15, -0.1) is 0 Å². The van der Waals surface area contributed by atoms with E-state index in [0.717, 1.165) is 11.1 Å². The molecule has 0 spiro atoms. The fourth-order valence-electron chi connectivity index (χ4n) is 2.28. The fourth-order valence-corrected chi connectivity index (χ4v) is 2.28. The van der Waals surface area contributed by atoms with Crippen LogP contribution in [0.3, 0.4) is 0 Å². The number of rotatable bonds is 7. The lowest BCUT2D eigenvalue weighted by atomic mass is 10.2. The predicted molar refractivity (Wildman–Crippen MR) is 104 cm³/mol. The van der Waals surface area contributed by atoms with Crippen LogP contribution in [-0.2, 0) is 17.8 Å². The second-order valence-electron chi connectivity index (χ2n) is 5.56. The summed E-state index contributed by atoms with van der Waals surface area (Å²) >= 11 is 0. The molecule has 2 rings (SSSR count). The minimum atomic E-state index is -0.507. The van der Waals surface area contributed by atoms with Gasteiger partial charge >= 0.3 is 6.09 Å². The second-order valence-corrected chi connectivity index (χ2v) is 5.56. The van der Waals surface area contributed by atoms with Gasteiger partial charge in [0.25, 0.3) is 0 Å². The zero-order valence-electron chi connectivity index (χ0n) is 15.6. The molecule has 0 fully saturated rings. The summed E-state index contributed by atoms with van der Waals surface area (Å²) in [6, 6.07) is 12.9. The number of benzene rings is 2. The van der Waals surface area contributed by atoms with Crippen molar-refractivity contribution in [3.63, 3.8) is 0 Å². The number of nitrogens with one attached hydrogen (secondary N) is 2. The van der Waals surface area contributed by atoms with Crippen molar-refractivity contribution in [3.05, 3.63) is 53.6 Å². The van der Waals surface area contributed by atoms with Crippen molar-refractivity contribution in [2.75, 3.05) is 26.6 Å². The average Bonchev–Trinajstić information content (AvgIpc) is 2.71. The van der Waals surface area contributed by atoms with Crippen molar-refractivity contribution in [2.45, 2.75) is 13.1 Å². The molecule has 0 saturated carbocycles. The molecule has 0 radical (unpaired) electrons. The van der Waals surface area contributed by atoms with Gasteiger partial charge in [-0.2, -0.15) is 0 Å². The Labute approximate surface area is 158 Å². The van der Waals surface area contributed by atoms with Crippen LogP contribution in [0.15, 0.2) is 47.5 Å². The Balaban J connectivity index is 1.88. The summed E-state index contributed by atoms with van der Waals surface area (Å²) in [7, 11) is 4.50. The van der Waals surface area contributed by atoms with Crippen LogP contribution in [0.1, 0.15) is 11.1 Å². The number of amides is 1. The molecule has 0 unspecified atom stereocenters. The highest BCUT2D eigenvalue weighted by molar-refractivity contribution is 5.84. The number of methoxy groups -OCH3 is 3. The number of aliphatic imine (C=N–C) groups is 1. The highest BCUT2D eigenvalue weighted by Crippen LogP contribution is 2.27. The lowest BCUT2D eigenvalue weighted by Gasteiger charge is -2.09. The first kappa shape index (κ1) is 19.9. The Kier molecular flexibility index (Phi) is 7.30. The minimum Gasteiger partial charge on any atom is -0.493 e. The Morgan fingerprint density at radius 3 is 2.30 bits per heavy atom. The van der Waals surface area contributed by atoms with Crippen LogP contribution in [-0.4, -0.2) is 33.4 Å². The molecule has 0 heterocycles. The molecule has 4 N–H and O–H groups in total. The quantitative estimate of drug-likeness (QED) is 0.509. The molecule has 144 valence electrons. The average molecular weight is 372 g/mol. The van der Waals surface area contributed by atoms with Crippen molar-refractivity contribution < 1.29 is 19.0 Å².